The molecule has 1 aliphatic heterocycles. The van der Waals surface area contributed by atoms with Gasteiger partial charge in [0.2, 0.25) is 5.95 Å². The van der Waals surface area contributed by atoms with Crippen LogP contribution in [-0.4, -0.2) is 28.2 Å². The normalized spacial score (nSPS) is 20.6. The van der Waals surface area contributed by atoms with Gasteiger partial charge in [0, 0.05) is 30.4 Å². The highest BCUT2D eigenvalue weighted by atomic mass is 16.6. The predicted molar refractivity (Wildman–Crippen MR) is 84.5 cm³/mol. The molecule has 114 valence electrons. The number of cyclic esters (lactones) is 1. The molecule has 0 N–H and O–H groups in total. The first-order valence-electron chi connectivity index (χ1n) is 7.35. The molecule has 1 aromatic heterocycles. The lowest BCUT2D eigenvalue weighted by Crippen LogP contribution is -2.52. The third-order valence-corrected chi connectivity index (χ3v) is 4.20. The van der Waals surface area contributed by atoms with E-state index in [-0.39, 0.29) is 5.92 Å². The van der Waals surface area contributed by atoms with Crippen LogP contribution in [0.5, 0.6) is 0 Å². The lowest BCUT2D eigenvalue weighted by Gasteiger charge is -2.40. The average molecular weight is 297 g/mol. The summed E-state index contributed by atoms with van der Waals surface area (Å²) in [6.45, 7) is 6.45. The second kappa shape index (κ2) is 5.40. The summed E-state index contributed by atoms with van der Waals surface area (Å²) in [5.41, 5.74) is 1.50. The van der Waals surface area contributed by atoms with E-state index in [1.165, 1.54) is 4.90 Å². The lowest BCUT2D eigenvalue weighted by molar-refractivity contribution is -0.0127. The minimum Gasteiger partial charge on any atom is -0.443 e. The molecule has 5 nitrogen and oxygen atoms in total. The van der Waals surface area contributed by atoms with Gasteiger partial charge in [0.1, 0.15) is 5.60 Å². The maximum absolute atomic E-state index is 12.1. The Morgan fingerprint density at radius 1 is 1.14 bits per heavy atom. The average Bonchev–Trinajstić information content (AvgIpc) is 2.52. The van der Waals surface area contributed by atoms with E-state index in [1.807, 2.05) is 44.2 Å². The number of nitrogens with zero attached hydrogens (tertiary/aromatic N) is 3. The van der Waals surface area contributed by atoms with E-state index in [4.69, 9.17) is 4.74 Å². The maximum Gasteiger partial charge on any atom is 0.417 e. The second-order valence-corrected chi connectivity index (χ2v) is 6.12. The molecule has 0 bridgehead atoms. The highest BCUT2D eigenvalue weighted by Crippen LogP contribution is 2.30. The number of benzene rings is 1. The third kappa shape index (κ3) is 2.66. The van der Waals surface area contributed by atoms with Gasteiger partial charge < -0.3 is 4.74 Å². The first-order chi connectivity index (χ1) is 10.5. The topological polar surface area (TPSA) is 55.3 Å². The molecule has 0 radical (unpaired) electrons. The minimum absolute atomic E-state index is 0.197. The van der Waals surface area contributed by atoms with Crippen molar-refractivity contribution in [1.29, 1.82) is 0 Å². The van der Waals surface area contributed by atoms with Gasteiger partial charge in [-0.3, -0.25) is 0 Å². The number of hydrogen-bond donors (Lipinski definition) is 0. The lowest BCUT2D eigenvalue weighted by atomic mass is 9.91. The largest absolute Gasteiger partial charge is 0.443 e. The third-order valence-electron chi connectivity index (χ3n) is 4.20. The van der Waals surface area contributed by atoms with Crippen molar-refractivity contribution in [3.63, 3.8) is 0 Å². The number of amides is 1. The Hall–Kier alpha value is -2.43. The molecule has 1 saturated heterocycles. The number of carbonyl (C=O) groups excluding carboxylic acids is 1. The second-order valence-electron chi connectivity index (χ2n) is 6.12. The van der Waals surface area contributed by atoms with Crippen LogP contribution in [0, 0.1) is 5.92 Å². The summed E-state index contributed by atoms with van der Waals surface area (Å²) >= 11 is 0. The molecule has 22 heavy (non-hydrogen) atoms. The Balaban J connectivity index is 1.83. The summed E-state index contributed by atoms with van der Waals surface area (Å²) in [7, 11) is 0. The maximum atomic E-state index is 12.1. The van der Waals surface area contributed by atoms with Gasteiger partial charge in [-0.15, -0.1) is 0 Å². The molecule has 1 aromatic carbocycles. The van der Waals surface area contributed by atoms with Crippen LogP contribution in [0.2, 0.25) is 0 Å². The van der Waals surface area contributed by atoms with Crippen LogP contribution >= 0.6 is 0 Å². The fraction of sp³-hybridized carbons (Fsp3) is 0.353. The predicted octanol–water partition coefficient (Wildman–Crippen LogP) is 3.51. The van der Waals surface area contributed by atoms with E-state index in [1.54, 1.807) is 12.4 Å². The van der Waals surface area contributed by atoms with Crippen molar-refractivity contribution in [3.8, 4) is 11.1 Å². The van der Waals surface area contributed by atoms with Crippen molar-refractivity contribution in [2.24, 2.45) is 5.92 Å². The molecule has 1 fully saturated rings. The summed E-state index contributed by atoms with van der Waals surface area (Å²) in [5, 5.41) is 0. The quantitative estimate of drug-likeness (QED) is 0.851. The molecule has 1 amide bonds. The van der Waals surface area contributed by atoms with Gasteiger partial charge >= 0.3 is 6.09 Å². The van der Waals surface area contributed by atoms with Gasteiger partial charge in [0.05, 0.1) is 0 Å². The van der Waals surface area contributed by atoms with Crippen LogP contribution in [0.3, 0.4) is 0 Å². The fourth-order valence-electron chi connectivity index (χ4n) is 2.35. The molecule has 1 aliphatic rings. The Morgan fingerprint density at radius 2 is 1.77 bits per heavy atom. The molecule has 2 aromatic rings. The van der Waals surface area contributed by atoms with Crippen molar-refractivity contribution in [2.45, 2.75) is 26.4 Å². The van der Waals surface area contributed by atoms with Crippen LogP contribution in [0.15, 0.2) is 42.7 Å². The molecule has 3 rings (SSSR count). The number of carbonyl (C=O) groups is 1. The first-order valence-corrected chi connectivity index (χ1v) is 7.35. The van der Waals surface area contributed by atoms with E-state index in [2.05, 4.69) is 16.9 Å². The van der Waals surface area contributed by atoms with Crippen molar-refractivity contribution >= 4 is 12.0 Å². The van der Waals surface area contributed by atoms with Crippen molar-refractivity contribution in [1.82, 2.24) is 9.97 Å². The summed E-state index contributed by atoms with van der Waals surface area (Å²) in [5.74, 6) is 0.578. The van der Waals surface area contributed by atoms with Gasteiger partial charge in [0.15, 0.2) is 0 Å². The molecule has 1 atom stereocenters. The standard InChI is InChI=1S/C17H19N3O2/c1-12-11-20(16(21)22-17(12,2)3)15-18-9-14(10-19-15)13-7-5-4-6-8-13/h4-10,12H,11H2,1-3H3. The van der Waals surface area contributed by atoms with E-state index in [9.17, 15) is 4.79 Å². The van der Waals surface area contributed by atoms with Crippen molar-refractivity contribution in [2.75, 3.05) is 11.4 Å². The first kappa shape index (κ1) is 14.5. The molecule has 5 heteroatoms. The molecule has 0 saturated carbocycles. The number of anilines is 1. The summed E-state index contributed by atoms with van der Waals surface area (Å²) in [6, 6.07) is 9.89. The fourth-order valence-corrected chi connectivity index (χ4v) is 2.35. The van der Waals surface area contributed by atoms with E-state index < -0.39 is 11.7 Å². The van der Waals surface area contributed by atoms with Crippen LogP contribution in [0.25, 0.3) is 11.1 Å². The highest BCUT2D eigenvalue weighted by Gasteiger charge is 2.40. The zero-order valence-electron chi connectivity index (χ0n) is 13.0. The SMILES string of the molecule is CC1CN(c2ncc(-c3ccccc3)cn2)C(=O)OC1(C)C. The Kier molecular flexibility index (Phi) is 3.56. The van der Waals surface area contributed by atoms with Crippen molar-refractivity contribution < 1.29 is 9.53 Å². The summed E-state index contributed by atoms with van der Waals surface area (Å²) in [4.78, 5) is 22.3. The van der Waals surface area contributed by atoms with Gasteiger partial charge in [-0.2, -0.15) is 0 Å². The monoisotopic (exact) mass is 297 g/mol. The summed E-state index contributed by atoms with van der Waals surface area (Å²) in [6.07, 6.45) is 3.07. The Bertz CT molecular complexity index is 668. The number of aromatic nitrogens is 2. The number of ether oxygens (including phenoxy) is 1. The summed E-state index contributed by atoms with van der Waals surface area (Å²) < 4.78 is 5.47. The van der Waals surface area contributed by atoms with Crippen LogP contribution in [-0.2, 0) is 4.74 Å². The molecule has 0 aliphatic carbocycles. The van der Waals surface area contributed by atoms with E-state index in [0.717, 1.165) is 11.1 Å². The zero-order valence-corrected chi connectivity index (χ0v) is 13.0. The van der Waals surface area contributed by atoms with Gasteiger partial charge in [-0.05, 0) is 19.4 Å². The smallest absolute Gasteiger partial charge is 0.417 e. The molecule has 2 heterocycles. The van der Waals surface area contributed by atoms with Crippen LogP contribution in [0.1, 0.15) is 20.8 Å². The molecular formula is C17H19N3O2. The Morgan fingerprint density at radius 3 is 2.41 bits per heavy atom. The van der Waals surface area contributed by atoms with Gasteiger partial charge in [0.25, 0.3) is 0 Å². The van der Waals surface area contributed by atoms with Crippen LogP contribution < -0.4 is 4.90 Å². The van der Waals surface area contributed by atoms with E-state index in [0.29, 0.717) is 12.5 Å². The number of hydrogen-bond acceptors (Lipinski definition) is 4. The molecule has 1 unspecified atom stereocenters. The highest BCUT2D eigenvalue weighted by molar-refractivity contribution is 5.86. The Labute approximate surface area is 130 Å². The minimum atomic E-state index is -0.461. The molecule has 0 spiro atoms. The van der Waals surface area contributed by atoms with Crippen LogP contribution in [0.4, 0.5) is 10.7 Å². The van der Waals surface area contributed by atoms with Gasteiger partial charge in [-0.1, -0.05) is 37.3 Å². The number of rotatable bonds is 2. The molecular weight excluding hydrogens is 278 g/mol. The zero-order chi connectivity index (χ0) is 15.7. The van der Waals surface area contributed by atoms with E-state index >= 15 is 0 Å². The van der Waals surface area contributed by atoms with Gasteiger partial charge in [-0.25, -0.2) is 19.7 Å². The van der Waals surface area contributed by atoms with Crippen molar-refractivity contribution in [3.05, 3.63) is 42.7 Å².